The molecule has 1 aliphatic heterocycles. The van der Waals surface area contributed by atoms with Gasteiger partial charge in [0.1, 0.15) is 0 Å². The van der Waals surface area contributed by atoms with Crippen molar-refractivity contribution in [2.24, 2.45) is 11.7 Å². The van der Waals surface area contributed by atoms with Crippen molar-refractivity contribution in [1.82, 2.24) is 4.90 Å². The van der Waals surface area contributed by atoms with Crippen LogP contribution in [0.5, 0.6) is 0 Å². The van der Waals surface area contributed by atoms with Crippen molar-refractivity contribution in [3.63, 3.8) is 0 Å². The van der Waals surface area contributed by atoms with Gasteiger partial charge in [0.25, 0.3) is 0 Å². The lowest BCUT2D eigenvalue weighted by Crippen LogP contribution is -2.50. The maximum atomic E-state index is 6.09. The molecule has 1 aromatic rings. The van der Waals surface area contributed by atoms with Crippen molar-refractivity contribution in [1.29, 1.82) is 0 Å². The second kappa shape index (κ2) is 4.98. The van der Waals surface area contributed by atoms with Gasteiger partial charge in [-0.25, -0.2) is 0 Å². The van der Waals surface area contributed by atoms with Crippen LogP contribution in [0.25, 0.3) is 0 Å². The van der Waals surface area contributed by atoms with Crippen LogP contribution in [0.15, 0.2) is 30.3 Å². The summed E-state index contributed by atoms with van der Waals surface area (Å²) < 4.78 is 0. The average molecular weight is 218 g/mol. The van der Waals surface area contributed by atoms with E-state index >= 15 is 0 Å². The largest absolute Gasteiger partial charge is 0.327 e. The molecule has 0 spiro atoms. The lowest BCUT2D eigenvalue weighted by molar-refractivity contribution is 0.0925. The lowest BCUT2D eigenvalue weighted by atomic mass is 9.89. The number of nitrogens with zero attached hydrogens (tertiary/aromatic N) is 1. The third-order valence-electron chi connectivity index (χ3n) is 3.77. The minimum absolute atomic E-state index is 0.343. The summed E-state index contributed by atoms with van der Waals surface area (Å²) >= 11 is 0. The predicted octanol–water partition coefficient (Wildman–Crippen LogP) is 2.24. The first kappa shape index (κ1) is 11.6. The molecule has 3 atom stereocenters. The summed E-state index contributed by atoms with van der Waals surface area (Å²) in [5.74, 6) is 0.701. The molecule has 1 fully saturated rings. The molecule has 0 aromatic heterocycles. The SMILES string of the molecule is CC1CC(N)CN(Cc2ccccc2)C1C. The number of hydrogen-bond donors (Lipinski definition) is 1. The van der Waals surface area contributed by atoms with E-state index in [4.69, 9.17) is 5.73 Å². The van der Waals surface area contributed by atoms with E-state index in [9.17, 15) is 0 Å². The van der Waals surface area contributed by atoms with Gasteiger partial charge in [0.2, 0.25) is 0 Å². The molecule has 2 heteroatoms. The Kier molecular flexibility index (Phi) is 3.62. The fourth-order valence-electron chi connectivity index (χ4n) is 2.60. The monoisotopic (exact) mass is 218 g/mol. The van der Waals surface area contributed by atoms with E-state index in [1.807, 2.05) is 0 Å². The fraction of sp³-hybridized carbons (Fsp3) is 0.571. The maximum absolute atomic E-state index is 6.09. The van der Waals surface area contributed by atoms with Crippen LogP contribution in [0.2, 0.25) is 0 Å². The van der Waals surface area contributed by atoms with Gasteiger partial charge < -0.3 is 5.73 Å². The summed E-state index contributed by atoms with van der Waals surface area (Å²) in [5.41, 5.74) is 7.47. The smallest absolute Gasteiger partial charge is 0.0237 e. The predicted molar refractivity (Wildman–Crippen MR) is 68.1 cm³/mol. The molecule has 0 amide bonds. The number of nitrogens with two attached hydrogens (primary N) is 1. The zero-order valence-electron chi connectivity index (χ0n) is 10.3. The molecule has 1 saturated heterocycles. The van der Waals surface area contributed by atoms with Crippen molar-refractivity contribution in [3.8, 4) is 0 Å². The summed E-state index contributed by atoms with van der Waals surface area (Å²) in [5, 5.41) is 0. The van der Waals surface area contributed by atoms with Gasteiger partial charge in [-0.05, 0) is 24.8 Å². The molecule has 88 valence electrons. The number of likely N-dealkylation sites (tertiary alicyclic amines) is 1. The van der Waals surface area contributed by atoms with E-state index in [1.165, 1.54) is 5.56 Å². The Morgan fingerprint density at radius 3 is 2.62 bits per heavy atom. The molecule has 0 bridgehead atoms. The van der Waals surface area contributed by atoms with Crippen molar-refractivity contribution in [2.75, 3.05) is 6.54 Å². The quantitative estimate of drug-likeness (QED) is 0.825. The fourth-order valence-corrected chi connectivity index (χ4v) is 2.60. The highest BCUT2D eigenvalue weighted by Crippen LogP contribution is 2.23. The van der Waals surface area contributed by atoms with Crippen molar-refractivity contribution in [3.05, 3.63) is 35.9 Å². The van der Waals surface area contributed by atoms with Crippen molar-refractivity contribution < 1.29 is 0 Å². The van der Waals surface area contributed by atoms with Gasteiger partial charge in [-0.1, -0.05) is 37.3 Å². The van der Waals surface area contributed by atoms with Crippen LogP contribution in [-0.2, 0) is 6.54 Å². The van der Waals surface area contributed by atoms with Gasteiger partial charge in [-0.15, -0.1) is 0 Å². The normalized spacial score (nSPS) is 31.6. The Balaban J connectivity index is 2.03. The summed E-state index contributed by atoms with van der Waals surface area (Å²) in [6.45, 7) is 6.68. The average Bonchev–Trinajstić information content (AvgIpc) is 2.27. The molecule has 3 unspecified atom stereocenters. The van der Waals surface area contributed by atoms with E-state index in [-0.39, 0.29) is 0 Å². The summed E-state index contributed by atoms with van der Waals surface area (Å²) in [6, 6.07) is 11.6. The van der Waals surface area contributed by atoms with E-state index < -0.39 is 0 Å². The van der Waals surface area contributed by atoms with Gasteiger partial charge >= 0.3 is 0 Å². The molecular weight excluding hydrogens is 196 g/mol. The summed E-state index contributed by atoms with van der Waals surface area (Å²) in [6.07, 6.45) is 1.16. The molecule has 1 heterocycles. The highest BCUT2D eigenvalue weighted by atomic mass is 15.2. The molecule has 0 radical (unpaired) electrons. The topological polar surface area (TPSA) is 29.3 Å². The van der Waals surface area contributed by atoms with Crippen molar-refractivity contribution in [2.45, 2.75) is 38.9 Å². The number of rotatable bonds is 2. The maximum Gasteiger partial charge on any atom is 0.0237 e. The minimum Gasteiger partial charge on any atom is -0.327 e. The Hall–Kier alpha value is -0.860. The van der Waals surface area contributed by atoms with Gasteiger partial charge in [0, 0.05) is 25.2 Å². The molecule has 2 nitrogen and oxygen atoms in total. The Bertz CT molecular complexity index is 323. The van der Waals surface area contributed by atoms with E-state index in [2.05, 4.69) is 49.1 Å². The van der Waals surface area contributed by atoms with Gasteiger partial charge in [0.15, 0.2) is 0 Å². The molecule has 0 aliphatic carbocycles. The van der Waals surface area contributed by atoms with E-state index in [1.54, 1.807) is 0 Å². The molecule has 1 aliphatic rings. The van der Waals surface area contributed by atoms with Crippen molar-refractivity contribution >= 4 is 0 Å². The summed E-state index contributed by atoms with van der Waals surface area (Å²) in [7, 11) is 0. The molecule has 1 aromatic carbocycles. The second-order valence-electron chi connectivity index (χ2n) is 5.13. The first-order valence-corrected chi connectivity index (χ1v) is 6.20. The highest BCUT2D eigenvalue weighted by Gasteiger charge is 2.28. The molecule has 2 rings (SSSR count). The number of benzene rings is 1. The molecule has 16 heavy (non-hydrogen) atoms. The van der Waals surface area contributed by atoms with Crippen LogP contribution in [0.1, 0.15) is 25.8 Å². The third-order valence-corrected chi connectivity index (χ3v) is 3.77. The standard InChI is InChI=1S/C14H22N2/c1-11-8-14(15)10-16(12(11)2)9-13-6-4-3-5-7-13/h3-7,11-12,14H,8-10,15H2,1-2H3. The van der Waals surface area contributed by atoms with E-state index in [0.29, 0.717) is 18.0 Å². The van der Waals surface area contributed by atoms with Crippen LogP contribution in [0.4, 0.5) is 0 Å². The number of piperidine rings is 1. The third kappa shape index (κ3) is 2.63. The van der Waals surface area contributed by atoms with Gasteiger partial charge in [-0.2, -0.15) is 0 Å². The second-order valence-corrected chi connectivity index (χ2v) is 5.13. The first-order chi connectivity index (χ1) is 7.66. The Morgan fingerprint density at radius 1 is 1.25 bits per heavy atom. The Morgan fingerprint density at radius 2 is 1.94 bits per heavy atom. The first-order valence-electron chi connectivity index (χ1n) is 6.20. The molecule has 0 saturated carbocycles. The highest BCUT2D eigenvalue weighted by molar-refractivity contribution is 5.14. The van der Waals surface area contributed by atoms with Crippen LogP contribution >= 0.6 is 0 Å². The van der Waals surface area contributed by atoms with Crippen LogP contribution < -0.4 is 5.73 Å². The Labute approximate surface area is 98.4 Å². The zero-order chi connectivity index (χ0) is 11.5. The molecule has 2 N–H and O–H groups in total. The van der Waals surface area contributed by atoms with Gasteiger partial charge in [0.05, 0.1) is 0 Å². The minimum atomic E-state index is 0.343. The van der Waals surface area contributed by atoms with E-state index in [0.717, 1.165) is 19.5 Å². The zero-order valence-corrected chi connectivity index (χ0v) is 10.3. The summed E-state index contributed by atoms with van der Waals surface area (Å²) in [4.78, 5) is 2.51. The van der Waals surface area contributed by atoms with Gasteiger partial charge in [-0.3, -0.25) is 4.90 Å². The number of hydrogen-bond acceptors (Lipinski definition) is 2. The van der Waals surface area contributed by atoms with Crippen LogP contribution in [-0.4, -0.2) is 23.5 Å². The van der Waals surface area contributed by atoms with Crippen LogP contribution in [0, 0.1) is 5.92 Å². The molecular formula is C14H22N2. The van der Waals surface area contributed by atoms with Crippen LogP contribution in [0.3, 0.4) is 0 Å². The lowest BCUT2D eigenvalue weighted by Gasteiger charge is -2.41.